The van der Waals surface area contributed by atoms with Gasteiger partial charge in [-0.25, -0.2) is 13.1 Å². The van der Waals surface area contributed by atoms with E-state index in [0.717, 1.165) is 32.7 Å². The number of nitrogens with zero attached hydrogens (tertiary/aromatic N) is 1. The maximum Gasteiger partial charge on any atom is 0.211 e. The summed E-state index contributed by atoms with van der Waals surface area (Å²) in [5.41, 5.74) is 0. The van der Waals surface area contributed by atoms with Crippen molar-refractivity contribution in [3.8, 4) is 0 Å². The van der Waals surface area contributed by atoms with Crippen LogP contribution in [0, 0.1) is 0 Å². The molecule has 1 rings (SSSR count). The molecule has 1 fully saturated rings. The Morgan fingerprint density at radius 3 is 2.84 bits per heavy atom. The van der Waals surface area contributed by atoms with Crippen LogP contribution in [0.4, 0.5) is 0 Å². The third-order valence-electron chi connectivity index (χ3n) is 3.22. The maximum atomic E-state index is 11.8. The molecule has 0 saturated carbocycles. The summed E-state index contributed by atoms with van der Waals surface area (Å²) in [6, 6.07) is 0. The van der Waals surface area contributed by atoms with Gasteiger partial charge >= 0.3 is 0 Å². The van der Waals surface area contributed by atoms with E-state index >= 15 is 0 Å². The van der Waals surface area contributed by atoms with Crippen LogP contribution >= 0.6 is 0 Å². The molecule has 6 nitrogen and oxygen atoms in total. The molecule has 0 spiro atoms. The van der Waals surface area contributed by atoms with Crippen LogP contribution in [-0.4, -0.2) is 71.0 Å². The molecule has 1 atom stereocenters. The molecule has 0 aromatic heterocycles. The minimum Gasteiger partial charge on any atom is -0.374 e. The quantitative estimate of drug-likeness (QED) is 0.568. The van der Waals surface area contributed by atoms with E-state index < -0.39 is 10.0 Å². The number of morpholine rings is 1. The molecule has 19 heavy (non-hydrogen) atoms. The number of nitrogens with one attached hydrogen (secondary N) is 2. The van der Waals surface area contributed by atoms with E-state index in [1.54, 1.807) is 0 Å². The van der Waals surface area contributed by atoms with E-state index in [1.807, 2.05) is 6.92 Å². The highest BCUT2D eigenvalue weighted by atomic mass is 32.2. The molecule has 0 aromatic carbocycles. The normalized spacial score (nSPS) is 21.7. The lowest BCUT2D eigenvalue weighted by Gasteiger charge is -2.32. The van der Waals surface area contributed by atoms with Crippen molar-refractivity contribution in [1.29, 1.82) is 0 Å². The van der Waals surface area contributed by atoms with Gasteiger partial charge in [-0.1, -0.05) is 13.8 Å². The van der Waals surface area contributed by atoms with Crippen molar-refractivity contribution >= 4 is 10.0 Å². The molecule has 7 heteroatoms. The summed E-state index contributed by atoms with van der Waals surface area (Å²) in [6.07, 6.45) is 0.604. The third-order valence-corrected chi connectivity index (χ3v) is 4.65. The molecule has 1 saturated heterocycles. The molecule has 0 aliphatic carbocycles. The van der Waals surface area contributed by atoms with Crippen molar-refractivity contribution in [2.24, 2.45) is 0 Å². The van der Waals surface area contributed by atoms with Crippen LogP contribution in [0.5, 0.6) is 0 Å². The molecule has 0 bridgehead atoms. The Morgan fingerprint density at radius 1 is 1.37 bits per heavy atom. The number of sulfonamides is 1. The molecule has 114 valence electrons. The number of likely N-dealkylation sites (N-methyl/N-ethyl adjacent to an activating group) is 1. The minimum atomic E-state index is -3.17. The molecular weight excluding hydrogens is 266 g/mol. The first-order valence-electron chi connectivity index (χ1n) is 7.09. The highest BCUT2D eigenvalue weighted by Crippen LogP contribution is 2.04. The number of ether oxygens (including phenoxy) is 1. The highest BCUT2D eigenvalue weighted by Gasteiger charge is 2.21. The molecule has 2 N–H and O–H groups in total. The van der Waals surface area contributed by atoms with Crippen LogP contribution in [0.3, 0.4) is 0 Å². The van der Waals surface area contributed by atoms with Crippen molar-refractivity contribution < 1.29 is 13.2 Å². The first-order valence-corrected chi connectivity index (χ1v) is 8.74. The lowest BCUT2D eigenvalue weighted by Crippen LogP contribution is -2.47. The average Bonchev–Trinajstić information content (AvgIpc) is 2.42. The molecule has 1 heterocycles. The van der Waals surface area contributed by atoms with Gasteiger partial charge in [-0.3, -0.25) is 4.90 Å². The zero-order valence-corrected chi connectivity index (χ0v) is 12.8. The average molecular weight is 293 g/mol. The minimum absolute atomic E-state index is 0.0303. The topological polar surface area (TPSA) is 70.7 Å². The molecule has 1 unspecified atom stereocenters. The Kier molecular flexibility index (Phi) is 7.86. The van der Waals surface area contributed by atoms with Crippen LogP contribution in [0.15, 0.2) is 0 Å². The van der Waals surface area contributed by atoms with Gasteiger partial charge in [0.05, 0.1) is 18.5 Å². The first-order chi connectivity index (χ1) is 9.07. The van der Waals surface area contributed by atoms with Gasteiger partial charge in [0.1, 0.15) is 0 Å². The van der Waals surface area contributed by atoms with Crippen LogP contribution in [0.2, 0.25) is 0 Å². The summed E-state index contributed by atoms with van der Waals surface area (Å²) in [7, 11) is -3.17. The highest BCUT2D eigenvalue weighted by molar-refractivity contribution is 7.89. The molecule has 0 radical (unpaired) electrons. The van der Waals surface area contributed by atoms with Crippen LogP contribution in [0.25, 0.3) is 0 Å². The summed E-state index contributed by atoms with van der Waals surface area (Å²) in [5, 5.41) is 3.12. The van der Waals surface area contributed by atoms with Gasteiger partial charge in [-0.05, 0) is 26.1 Å². The van der Waals surface area contributed by atoms with Gasteiger partial charge in [0.2, 0.25) is 10.0 Å². The van der Waals surface area contributed by atoms with E-state index in [4.69, 9.17) is 4.74 Å². The van der Waals surface area contributed by atoms with Crippen molar-refractivity contribution in [1.82, 2.24) is 14.9 Å². The zero-order chi connectivity index (χ0) is 14.1. The summed E-state index contributed by atoms with van der Waals surface area (Å²) >= 11 is 0. The van der Waals surface area contributed by atoms with Gasteiger partial charge in [0, 0.05) is 19.6 Å². The maximum absolute atomic E-state index is 11.8. The lowest BCUT2D eigenvalue weighted by atomic mass is 10.3. The Labute approximate surface area is 116 Å². The second-order valence-electron chi connectivity index (χ2n) is 4.76. The largest absolute Gasteiger partial charge is 0.374 e. The second kappa shape index (κ2) is 8.86. The smallest absolute Gasteiger partial charge is 0.211 e. The van der Waals surface area contributed by atoms with Gasteiger partial charge in [0.25, 0.3) is 0 Å². The molecule has 0 aromatic rings. The van der Waals surface area contributed by atoms with Crippen molar-refractivity contribution in [3.63, 3.8) is 0 Å². The molecule has 0 amide bonds. The number of hydrogen-bond donors (Lipinski definition) is 2. The van der Waals surface area contributed by atoms with E-state index in [2.05, 4.69) is 21.9 Å². The zero-order valence-electron chi connectivity index (χ0n) is 12.0. The monoisotopic (exact) mass is 293 g/mol. The number of hydrogen-bond acceptors (Lipinski definition) is 5. The molecular formula is C12H27N3O3S. The number of rotatable bonds is 9. The van der Waals surface area contributed by atoms with Crippen molar-refractivity contribution in [3.05, 3.63) is 0 Å². The Balaban J connectivity index is 2.22. The van der Waals surface area contributed by atoms with Crippen LogP contribution in [-0.2, 0) is 14.8 Å². The molecule has 1 aliphatic heterocycles. The Hall–Kier alpha value is -0.210. The summed E-state index contributed by atoms with van der Waals surface area (Å²) in [4.78, 5) is 2.27. The third kappa shape index (κ3) is 7.22. The Bertz CT molecular complexity index is 335. The fraction of sp³-hybridized carbons (Fsp3) is 1.00. The summed E-state index contributed by atoms with van der Waals surface area (Å²) in [5.74, 6) is 0.171. The van der Waals surface area contributed by atoms with E-state index in [0.29, 0.717) is 19.6 Å². The van der Waals surface area contributed by atoms with Gasteiger partial charge in [-0.2, -0.15) is 0 Å². The van der Waals surface area contributed by atoms with Crippen molar-refractivity contribution in [2.75, 3.05) is 51.6 Å². The predicted octanol–water partition coefficient (Wildman–Crippen LogP) is -0.374. The van der Waals surface area contributed by atoms with Crippen LogP contribution in [0.1, 0.15) is 20.3 Å². The van der Waals surface area contributed by atoms with E-state index in [-0.39, 0.29) is 11.9 Å². The van der Waals surface area contributed by atoms with E-state index in [9.17, 15) is 8.42 Å². The lowest BCUT2D eigenvalue weighted by molar-refractivity contribution is -0.0229. The molecule has 1 aliphatic rings. The Morgan fingerprint density at radius 2 is 2.16 bits per heavy atom. The first kappa shape index (κ1) is 16.8. The van der Waals surface area contributed by atoms with Gasteiger partial charge < -0.3 is 10.1 Å². The standard InChI is InChI=1S/C12H27N3O3S/c1-3-13-6-5-9-19(16,17)14-10-12-11-15(4-2)7-8-18-12/h12-14H,3-11H2,1-2H3. The van der Waals surface area contributed by atoms with Gasteiger partial charge in [-0.15, -0.1) is 0 Å². The fourth-order valence-electron chi connectivity index (χ4n) is 2.05. The van der Waals surface area contributed by atoms with Crippen molar-refractivity contribution in [2.45, 2.75) is 26.4 Å². The predicted molar refractivity (Wildman–Crippen MR) is 76.8 cm³/mol. The SMILES string of the molecule is CCNCCCS(=O)(=O)NCC1CN(CC)CCO1. The summed E-state index contributed by atoms with van der Waals surface area (Å²) in [6.45, 7) is 9.49. The summed E-state index contributed by atoms with van der Waals surface area (Å²) < 4.78 is 31.8. The van der Waals surface area contributed by atoms with E-state index in [1.165, 1.54) is 0 Å². The van der Waals surface area contributed by atoms with Crippen LogP contribution < -0.4 is 10.0 Å². The van der Waals surface area contributed by atoms with Gasteiger partial charge in [0.15, 0.2) is 0 Å². The fourth-order valence-corrected chi connectivity index (χ4v) is 3.16. The second-order valence-corrected chi connectivity index (χ2v) is 6.69.